The van der Waals surface area contributed by atoms with Gasteiger partial charge in [-0.2, -0.15) is 0 Å². The lowest BCUT2D eigenvalue weighted by Gasteiger charge is -2.38. The molecule has 2 aliphatic rings. The first-order chi connectivity index (χ1) is 11.5. The van der Waals surface area contributed by atoms with Crippen LogP contribution in [0.5, 0.6) is 0 Å². The van der Waals surface area contributed by atoms with Crippen molar-refractivity contribution >= 4 is 17.7 Å². The molecular formula is C17H22N4O3. The summed E-state index contributed by atoms with van der Waals surface area (Å²) < 4.78 is 0. The zero-order chi connectivity index (χ0) is 17.3. The summed E-state index contributed by atoms with van der Waals surface area (Å²) in [4.78, 5) is 45.9. The second-order valence-electron chi connectivity index (χ2n) is 6.33. The van der Waals surface area contributed by atoms with Crippen molar-refractivity contribution in [3.63, 3.8) is 0 Å². The average molecular weight is 330 g/mol. The highest BCUT2D eigenvalue weighted by Gasteiger charge is 2.36. The third-order valence-corrected chi connectivity index (χ3v) is 4.80. The topological polar surface area (TPSA) is 73.8 Å². The van der Waals surface area contributed by atoms with Gasteiger partial charge in [0, 0.05) is 59.3 Å². The highest BCUT2D eigenvalue weighted by molar-refractivity contribution is 5.86. The van der Waals surface area contributed by atoms with Crippen LogP contribution in [-0.4, -0.2) is 70.1 Å². The molecule has 1 aromatic heterocycles. The molecular weight excluding hydrogens is 308 g/mol. The molecule has 0 aromatic carbocycles. The minimum Gasteiger partial charge on any atom is -0.339 e. The van der Waals surface area contributed by atoms with Crippen LogP contribution in [0.15, 0.2) is 18.3 Å². The van der Waals surface area contributed by atoms with Crippen molar-refractivity contribution in [2.75, 3.05) is 32.7 Å². The van der Waals surface area contributed by atoms with E-state index in [1.165, 1.54) is 6.92 Å². The Morgan fingerprint density at radius 3 is 2.25 bits per heavy atom. The maximum atomic E-state index is 13.0. The summed E-state index contributed by atoms with van der Waals surface area (Å²) in [5, 5.41) is 0. The van der Waals surface area contributed by atoms with Crippen LogP contribution in [0.4, 0.5) is 0 Å². The van der Waals surface area contributed by atoms with Crippen molar-refractivity contribution in [3.05, 3.63) is 29.6 Å². The zero-order valence-corrected chi connectivity index (χ0v) is 14.1. The summed E-state index contributed by atoms with van der Waals surface area (Å²) in [6.07, 6.45) is 1.69. The van der Waals surface area contributed by atoms with Crippen LogP contribution in [0.1, 0.15) is 31.0 Å². The van der Waals surface area contributed by atoms with Crippen molar-refractivity contribution in [1.29, 1.82) is 0 Å². The van der Waals surface area contributed by atoms with Gasteiger partial charge in [0.1, 0.15) is 0 Å². The maximum Gasteiger partial charge on any atom is 0.233 e. The molecule has 7 nitrogen and oxygen atoms in total. The number of nitrogens with zero attached hydrogens (tertiary/aromatic N) is 4. The fraction of sp³-hybridized carbons (Fsp3) is 0.529. The number of carbonyl (C=O) groups is 3. The van der Waals surface area contributed by atoms with Gasteiger partial charge in [-0.05, 0) is 11.6 Å². The van der Waals surface area contributed by atoms with Crippen molar-refractivity contribution < 1.29 is 14.4 Å². The van der Waals surface area contributed by atoms with Crippen LogP contribution < -0.4 is 0 Å². The number of piperazine rings is 1. The molecule has 128 valence electrons. The Morgan fingerprint density at radius 1 is 1.00 bits per heavy atom. The Hall–Kier alpha value is -2.44. The van der Waals surface area contributed by atoms with Crippen LogP contribution in [0.3, 0.4) is 0 Å². The van der Waals surface area contributed by atoms with E-state index in [1.54, 1.807) is 27.8 Å². The smallest absolute Gasteiger partial charge is 0.233 e. The Morgan fingerprint density at radius 2 is 1.62 bits per heavy atom. The third-order valence-electron chi connectivity index (χ3n) is 4.80. The molecule has 0 N–H and O–H groups in total. The van der Waals surface area contributed by atoms with E-state index in [2.05, 4.69) is 4.98 Å². The summed E-state index contributed by atoms with van der Waals surface area (Å²) in [7, 11) is 0. The molecule has 1 unspecified atom stereocenters. The molecule has 0 radical (unpaired) electrons. The van der Waals surface area contributed by atoms with E-state index in [4.69, 9.17) is 0 Å². The summed E-state index contributed by atoms with van der Waals surface area (Å²) >= 11 is 0. The van der Waals surface area contributed by atoms with Crippen molar-refractivity contribution in [2.24, 2.45) is 0 Å². The van der Waals surface area contributed by atoms with E-state index < -0.39 is 5.92 Å². The lowest BCUT2D eigenvalue weighted by molar-refractivity contribution is -0.141. The van der Waals surface area contributed by atoms with E-state index in [0.717, 1.165) is 11.3 Å². The molecule has 3 amide bonds. The first-order valence-corrected chi connectivity index (χ1v) is 8.21. The van der Waals surface area contributed by atoms with E-state index >= 15 is 0 Å². The summed E-state index contributed by atoms with van der Waals surface area (Å²) in [5.41, 5.74) is 1.70. The van der Waals surface area contributed by atoms with Gasteiger partial charge in [-0.25, -0.2) is 0 Å². The van der Waals surface area contributed by atoms with Gasteiger partial charge in [0.15, 0.2) is 0 Å². The minimum atomic E-state index is -0.428. The van der Waals surface area contributed by atoms with Crippen LogP contribution in [-0.2, 0) is 20.9 Å². The van der Waals surface area contributed by atoms with E-state index in [0.29, 0.717) is 39.3 Å². The molecule has 1 atom stereocenters. The van der Waals surface area contributed by atoms with Gasteiger partial charge in [-0.15, -0.1) is 0 Å². The second-order valence-corrected chi connectivity index (χ2v) is 6.33. The lowest BCUT2D eigenvalue weighted by atomic mass is 9.93. The second kappa shape index (κ2) is 6.59. The van der Waals surface area contributed by atoms with Crippen molar-refractivity contribution in [2.45, 2.75) is 26.3 Å². The number of pyridine rings is 1. The van der Waals surface area contributed by atoms with Gasteiger partial charge in [0.25, 0.3) is 0 Å². The highest BCUT2D eigenvalue weighted by Crippen LogP contribution is 2.28. The van der Waals surface area contributed by atoms with Crippen LogP contribution in [0, 0.1) is 0 Å². The zero-order valence-electron chi connectivity index (χ0n) is 14.1. The third kappa shape index (κ3) is 3.11. The van der Waals surface area contributed by atoms with Gasteiger partial charge >= 0.3 is 0 Å². The molecule has 1 saturated heterocycles. The Kier molecular flexibility index (Phi) is 4.51. The molecule has 7 heteroatoms. The maximum absolute atomic E-state index is 13.0. The minimum absolute atomic E-state index is 0.0101. The quantitative estimate of drug-likeness (QED) is 0.738. The number of fused-ring (bicyclic) bond motifs is 1. The average Bonchev–Trinajstić information content (AvgIpc) is 2.60. The summed E-state index contributed by atoms with van der Waals surface area (Å²) in [6, 6.07) is 3.75. The predicted molar refractivity (Wildman–Crippen MR) is 86.9 cm³/mol. The molecule has 0 bridgehead atoms. The van der Waals surface area contributed by atoms with E-state index in [-0.39, 0.29) is 17.7 Å². The van der Waals surface area contributed by atoms with Gasteiger partial charge in [0.2, 0.25) is 17.7 Å². The van der Waals surface area contributed by atoms with Crippen LogP contribution in [0.25, 0.3) is 0 Å². The largest absolute Gasteiger partial charge is 0.339 e. The van der Waals surface area contributed by atoms with Gasteiger partial charge in [0.05, 0.1) is 11.6 Å². The first kappa shape index (κ1) is 16.4. The molecule has 2 aliphatic heterocycles. The molecule has 3 heterocycles. The number of hydrogen-bond donors (Lipinski definition) is 0. The molecule has 0 aliphatic carbocycles. The van der Waals surface area contributed by atoms with E-state index in [9.17, 15) is 14.4 Å². The number of amides is 3. The molecule has 0 spiro atoms. The molecule has 0 saturated carbocycles. The standard InChI is InChI=1S/C17H22N4O3/c1-12(22)19-6-8-20(9-7-19)17(24)15-11-21(13(2)23)10-14-4-3-5-18-16(14)15/h3-5,15H,6-11H2,1-2H3. The lowest BCUT2D eigenvalue weighted by Crippen LogP contribution is -2.53. The Bertz CT molecular complexity index is 668. The Balaban J connectivity index is 1.79. The van der Waals surface area contributed by atoms with Crippen LogP contribution in [0.2, 0.25) is 0 Å². The SMILES string of the molecule is CC(=O)N1CCN(C(=O)C2CN(C(C)=O)Cc3cccnc32)CC1. The summed E-state index contributed by atoms with van der Waals surface area (Å²) in [6.45, 7) is 6.09. The van der Waals surface area contributed by atoms with Crippen LogP contribution >= 0.6 is 0 Å². The normalized spacial score (nSPS) is 20.6. The fourth-order valence-corrected chi connectivity index (χ4v) is 3.37. The number of hydrogen-bond acceptors (Lipinski definition) is 4. The number of aromatic nitrogens is 1. The molecule has 1 aromatic rings. The Labute approximate surface area is 141 Å². The predicted octanol–water partition coefficient (Wildman–Crippen LogP) is 0.218. The monoisotopic (exact) mass is 330 g/mol. The van der Waals surface area contributed by atoms with E-state index in [1.807, 2.05) is 12.1 Å². The van der Waals surface area contributed by atoms with Gasteiger partial charge in [-0.1, -0.05) is 6.07 Å². The van der Waals surface area contributed by atoms with Gasteiger partial charge < -0.3 is 14.7 Å². The number of carbonyl (C=O) groups excluding carboxylic acids is 3. The molecule has 1 fully saturated rings. The fourth-order valence-electron chi connectivity index (χ4n) is 3.37. The first-order valence-electron chi connectivity index (χ1n) is 8.21. The summed E-state index contributed by atoms with van der Waals surface area (Å²) in [5.74, 6) is -0.440. The highest BCUT2D eigenvalue weighted by atomic mass is 16.2. The molecule has 24 heavy (non-hydrogen) atoms. The van der Waals surface area contributed by atoms with Crippen molar-refractivity contribution in [3.8, 4) is 0 Å². The van der Waals surface area contributed by atoms with Gasteiger partial charge in [-0.3, -0.25) is 19.4 Å². The molecule has 3 rings (SSSR count). The number of rotatable bonds is 1. The van der Waals surface area contributed by atoms with Crippen molar-refractivity contribution in [1.82, 2.24) is 19.7 Å².